The zero-order valence-corrected chi connectivity index (χ0v) is 14.3. The molecular formula is C19H18N2O2S. The first-order valence-corrected chi connectivity index (χ1v) is 8.93. The van der Waals surface area contributed by atoms with Crippen molar-refractivity contribution in [2.45, 2.75) is 26.3 Å². The van der Waals surface area contributed by atoms with E-state index in [1.165, 1.54) is 11.1 Å². The van der Waals surface area contributed by atoms with Gasteiger partial charge in [0.1, 0.15) is 5.76 Å². The molecule has 122 valence electrons. The molecule has 5 heteroatoms. The average Bonchev–Trinajstić information content (AvgIpc) is 3.25. The summed E-state index contributed by atoms with van der Waals surface area (Å²) in [5.41, 5.74) is 3.33. The molecule has 4 nitrogen and oxygen atoms in total. The van der Waals surface area contributed by atoms with E-state index < -0.39 is 0 Å². The maximum atomic E-state index is 12.7. The highest BCUT2D eigenvalue weighted by Crippen LogP contribution is 2.26. The van der Waals surface area contributed by atoms with Gasteiger partial charge in [0.05, 0.1) is 17.0 Å². The van der Waals surface area contributed by atoms with Crippen LogP contribution in [0.15, 0.2) is 46.2 Å². The minimum absolute atomic E-state index is 0.110. The highest BCUT2D eigenvalue weighted by molar-refractivity contribution is 7.13. The molecule has 1 aromatic carbocycles. The third-order valence-electron chi connectivity index (χ3n) is 4.43. The van der Waals surface area contributed by atoms with Crippen LogP contribution in [0.3, 0.4) is 0 Å². The van der Waals surface area contributed by atoms with Gasteiger partial charge in [-0.1, -0.05) is 30.3 Å². The number of carbonyl (C=O) groups is 1. The third kappa shape index (κ3) is 2.87. The second kappa shape index (κ2) is 6.24. The number of aromatic nitrogens is 1. The minimum Gasteiger partial charge on any atom is -0.440 e. The molecule has 4 rings (SSSR count). The molecule has 0 unspecified atom stereocenters. The number of amides is 1. The molecule has 0 N–H and O–H groups in total. The van der Waals surface area contributed by atoms with Crippen molar-refractivity contribution in [3.05, 3.63) is 64.4 Å². The summed E-state index contributed by atoms with van der Waals surface area (Å²) in [6.07, 6.45) is 1.21. The first-order chi connectivity index (χ1) is 11.7. The van der Waals surface area contributed by atoms with Crippen LogP contribution in [-0.4, -0.2) is 22.3 Å². The fraction of sp³-hybridized carbons (Fsp3) is 0.263. The molecule has 0 bridgehead atoms. The van der Waals surface area contributed by atoms with Crippen molar-refractivity contribution in [2.24, 2.45) is 0 Å². The normalized spacial score (nSPS) is 13.8. The summed E-state index contributed by atoms with van der Waals surface area (Å²) in [6, 6.07) is 12.3. The molecule has 0 aliphatic carbocycles. The maximum absolute atomic E-state index is 12.7. The van der Waals surface area contributed by atoms with Gasteiger partial charge in [-0.15, -0.1) is 11.3 Å². The number of rotatable bonds is 3. The van der Waals surface area contributed by atoms with Crippen LogP contribution >= 0.6 is 11.3 Å². The van der Waals surface area contributed by atoms with E-state index in [9.17, 15) is 4.79 Å². The topological polar surface area (TPSA) is 46.3 Å². The number of nitrogens with zero attached hydrogens (tertiary/aromatic N) is 2. The van der Waals surface area contributed by atoms with Crippen molar-refractivity contribution < 1.29 is 9.21 Å². The Morgan fingerprint density at radius 1 is 1.25 bits per heavy atom. The summed E-state index contributed by atoms with van der Waals surface area (Å²) < 4.78 is 5.73. The van der Waals surface area contributed by atoms with Crippen LogP contribution in [-0.2, 0) is 24.2 Å². The van der Waals surface area contributed by atoms with Crippen LogP contribution in [0.25, 0.3) is 10.8 Å². The Labute approximate surface area is 144 Å². The van der Waals surface area contributed by atoms with Gasteiger partial charge in [0, 0.05) is 13.1 Å². The molecule has 0 saturated carbocycles. The van der Waals surface area contributed by atoms with Crippen LogP contribution in [0.1, 0.15) is 22.6 Å². The van der Waals surface area contributed by atoms with E-state index in [0.29, 0.717) is 18.9 Å². The minimum atomic E-state index is 0.110. The molecule has 24 heavy (non-hydrogen) atoms. The lowest BCUT2D eigenvalue weighted by molar-refractivity contribution is -0.131. The second-order valence-electron chi connectivity index (χ2n) is 6.01. The van der Waals surface area contributed by atoms with Gasteiger partial charge in [-0.2, -0.15) is 0 Å². The van der Waals surface area contributed by atoms with Crippen LogP contribution in [0.5, 0.6) is 0 Å². The van der Waals surface area contributed by atoms with Crippen molar-refractivity contribution in [1.82, 2.24) is 9.88 Å². The van der Waals surface area contributed by atoms with Crippen LogP contribution in [0, 0.1) is 6.92 Å². The molecule has 3 aromatic rings. The highest BCUT2D eigenvalue weighted by atomic mass is 32.1. The van der Waals surface area contributed by atoms with Gasteiger partial charge >= 0.3 is 0 Å². The molecule has 2 aromatic heterocycles. The molecule has 0 fully saturated rings. The summed E-state index contributed by atoms with van der Waals surface area (Å²) in [5, 5.41) is 1.99. The first kappa shape index (κ1) is 15.1. The predicted octanol–water partition coefficient (Wildman–Crippen LogP) is 3.84. The van der Waals surface area contributed by atoms with E-state index in [0.717, 1.165) is 29.3 Å². The fourth-order valence-corrected chi connectivity index (χ4v) is 3.71. The summed E-state index contributed by atoms with van der Waals surface area (Å²) in [5.74, 6) is 1.44. The number of benzene rings is 1. The maximum Gasteiger partial charge on any atom is 0.236 e. The molecule has 1 aliphatic rings. The number of aryl methyl sites for hydroxylation is 1. The number of hydrogen-bond acceptors (Lipinski definition) is 4. The number of hydrogen-bond donors (Lipinski definition) is 0. The van der Waals surface area contributed by atoms with Gasteiger partial charge in [-0.05, 0) is 35.9 Å². The number of thiophene rings is 1. The lowest BCUT2D eigenvalue weighted by atomic mass is 9.99. The standard InChI is InChI=1S/C19H18N2O2S/c1-13-16(20-19(23-13)17-7-4-10-24-17)11-18(22)21-9-8-14-5-2-3-6-15(14)12-21/h2-7,10H,8-9,11-12H2,1H3. The number of oxazole rings is 1. The Kier molecular flexibility index (Phi) is 3.94. The van der Waals surface area contributed by atoms with Gasteiger partial charge in [-0.3, -0.25) is 4.79 Å². The fourth-order valence-electron chi connectivity index (χ4n) is 3.06. The van der Waals surface area contributed by atoms with Gasteiger partial charge in [0.15, 0.2) is 0 Å². The monoisotopic (exact) mass is 338 g/mol. The van der Waals surface area contributed by atoms with Gasteiger partial charge in [0.2, 0.25) is 11.8 Å². The van der Waals surface area contributed by atoms with Gasteiger partial charge in [-0.25, -0.2) is 4.98 Å². The van der Waals surface area contributed by atoms with Crippen LogP contribution in [0.2, 0.25) is 0 Å². The lowest BCUT2D eigenvalue weighted by Crippen LogP contribution is -2.37. The molecule has 1 aliphatic heterocycles. The predicted molar refractivity (Wildman–Crippen MR) is 93.8 cm³/mol. The quantitative estimate of drug-likeness (QED) is 0.729. The largest absolute Gasteiger partial charge is 0.440 e. The Hall–Kier alpha value is -2.40. The van der Waals surface area contributed by atoms with E-state index in [1.54, 1.807) is 11.3 Å². The Bertz CT molecular complexity index is 867. The average molecular weight is 338 g/mol. The summed E-state index contributed by atoms with van der Waals surface area (Å²) >= 11 is 1.59. The summed E-state index contributed by atoms with van der Waals surface area (Å²) in [4.78, 5) is 20.1. The van der Waals surface area contributed by atoms with E-state index in [2.05, 4.69) is 23.2 Å². The van der Waals surface area contributed by atoms with Crippen molar-refractivity contribution >= 4 is 17.2 Å². The number of carbonyl (C=O) groups excluding carboxylic acids is 1. The Balaban J connectivity index is 1.49. The number of fused-ring (bicyclic) bond motifs is 1. The Morgan fingerprint density at radius 2 is 2.08 bits per heavy atom. The third-order valence-corrected chi connectivity index (χ3v) is 5.28. The van der Waals surface area contributed by atoms with Gasteiger partial charge in [0.25, 0.3) is 0 Å². The molecule has 3 heterocycles. The van der Waals surface area contributed by atoms with E-state index >= 15 is 0 Å². The van der Waals surface area contributed by atoms with E-state index in [-0.39, 0.29) is 5.91 Å². The highest BCUT2D eigenvalue weighted by Gasteiger charge is 2.23. The van der Waals surface area contributed by atoms with Crippen molar-refractivity contribution in [3.63, 3.8) is 0 Å². The van der Waals surface area contributed by atoms with Crippen molar-refractivity contribution in [1.29, 1.82) is 0 Å². The van der Waals surface area contributed by atoms with E-state index in [4.69, 9.17) is 4.42 Å². The molecular weight excluding hydrogens is 320 g/mol. The summed E-state index contributed by atoms with van der Waals surface area (Å²) in [7, 11) is 0. The molecule has 0 radical (unpaired) electrons. The van der Waals surface area contributed by atoms with Crippen molar-refractivity contribution in [3.8, 4) is 10.8 Å². The van der Waals surface area contributed by atoms with Crippen LogP contribution < -0.4 is 0 Å². The zero-order valence-electron chi connectivity index (χ0n) is 13.5. The SMILES string of the molecule is Cc1oc(-c2cccs2)nc1CC(=O)N1CCc2ccccc2C1. The van der Waals surface area contributed by atoms with E-state index in [1.807, 2.05) is 35.4 Å². The zero-order chi connectivity index (χ0) is 16.5. The van der Waals surface area contributed by atoms with Gasteiger partial charge < -0.3 is 9.32 Å². The second-order valence-corrected chi connectivity index (χ2v) is 6.96. The molecule has 0 spiro atoms. The lowest BCUT2D eigenvalue weighted by Gasteiger charge is -2.28. The smallest absolute Gasteiger partial charge is 0.236 e. The molecule has 1 amide bonds. The van der Waals surface area contributed by atoms with Crippen molar-refractivity contribution in [2.75, 3.05) is 6.54 Å². The van der Waals surface area contributed by atoms with Crippen LogP contribution in [0.4, 0.5) is 0 Å². The first-order valence-electron chi connectivity index (χ1n) is 8.05. The molecule has 0 atom stereocenters. The molecule has 0 saturated heterocycles. The summed E-state index contributed by atoms with van der Waals surface area (Å²) in [6.45, 7) is 3.33. The Morgan fingerprint density at radius 3 is 2.88 bits per heavy atom.